The smallest absolute Gasteiger partial charge is 0.239 e. The van der Waals surface area contributed by atoms with E-state index in [9.17, 15) is 4.79 Å². The van der Waals surface area contributed by atoms with E-state index in [0.717, 1.165) is 26.1 Å². The third kappa shape index (κ3) is 2.98. The average Bonchev–Trinajstić information content (AvgIpc) is 2.47. The largest absolute Gasteiger partial charge is 0.342 e. The number of hydrogen-bond acceptors (Lipinski definition) is 2. The summed E-state index contributed by atoms with van der Waals surface area (Å²) in [5.74, 6) is 0.289. The summed E-state index contributed by atoms with van der Waals surface area (Å²) in [6.45, 7) is 6.73. The topological polar surface area (TPSA) is 32.3 Å². The quantitative estimate of drug-likeness (QED) is 0.743. The van der Waals surface area contributed by atoms with Gasteiger partial charge in [-0.15, -0.1) is 0 Å². The number of hydrogen-bond donors (Lipinski definition) is 1. The minimum atomic E-state index is 0.0809. The number of likely N-dealkylation sites (N-methyl/N-ethyl adjacent to an activating group) is 1. The number of rotatable bonds is 3. The first-order valence-corrected chi connectivity index (χ1v) is 5.81. The Balaban J connectivity index is 2.48. The molecule has 14 heavy (non-hydrogen) atoms. The van der Waals surface area contributed by atoms with E-state index in [1.807, 2.05) is 18.7 Å². The fourth-order valence-electron chi connectivity index (χ4n) is 2.00. The van der Waals surface area contributed by atoms with Crippen LogP contribution in [0, 0.1) is 0 Å². The molecule has 1 fully saturated rings. The molecule has 1 aliphatic rings. The van der Waals surface area contributed by atoms with Crippen LogP contribution >= 0.6 is 0 Å². The highest BCUT2D eigenvalue weighted by Gasteiger charge is 2.22. The van der Waals surface area contributed by atoms with Crippen LogP contribution in [-0.4, -0.2) is 36.5 Å². The van der Waals surface area contributed by atoms with E-state index in [0.29, 0.717) is 0 Å². The van der Waals surface area contributed by atoms with E-state index < -0.39 is 0 Å². The number of nitrogens with one attached hydrogen (secondary N) is 1. The van der Waals surface area contributed by atoms with Crippen LogP contribution in [0.5, 0.6) is 0 Å². The van der Waals surface area contributed by atoms with Crippen LogP contribution in [0.2, 0.25) is 0 Å². The molecule has 1 rings (SSSR count). The molecule has 0 aliphatic carbocycles. The van der Waals surface area contributed by atoms with E-state index >= 15 is 0 Å². The Bertz CT molecular complexity index is 170. The predicted molar refractivity (Wildman–Crippen MR) is 58.2 cm³/mol. The molecule has 1 atom stereocenters. The van der Waals surface area contributed by atoms with Gasteiger partial charge < -0.3 is 10.2 Å². The van der Waals surface area contributed by atoms with Gasteiger partial charge in [-0.25, -0.2) is 0 Å². The SMILES string of the molecule is CCN(CC)C(=O)[C@@H]1CCCCCN1. The second kappa shape index (κ2) is 6.02. The molecule has 0 aromatic carbocycles. The molecular formula is C11H22N2O. The molecule has 0 aromatic heterocycles. The van der Waals surface area contributed by atoms with Crippen molar-refractivity contribution in [3.05, 3.63) is 0 Å². The molecule has 0 spiro atoms. The summed E-state index contributed by atoms with van der Waals surface area (Å²) >= 11 is 0. The van der Waals surface area contributed by atoms with Gasteiger partial charge in [0.15, 0.2) is 0 Å². The first-order valence-electron chi connectivity index (χ1n) is 5.81. The number of carbonyl (C=O) groups is 1. The zero-order valence-electron chi connectivity index (χ0n) is 9.38. The lowest BCUT2D eigenvalue weighted by Crippen LogP contribution is -2.46. The van der Waals surface area contributed by atoms with Gasteiger partial charge >= 0.3 is 0 Å². The summed E-state index contributed by atoms with van der Waals surface area (Å²) in [4.78, 5) is 13.9. The highest BCUT2D eigenvalue weighted by Crippen LogP contribution is 2.10. The van der Waals surface area contributed by atoms with Crippen molar-refractivity contribution >= 4 is 5.91 Å². The Morgan fingerprint density at radius 1 is 1.29 bits per heavy atom. The average molecular weight is 198 g/mol. The highest BCUT2D eigenvalue weighted by molar-refractivity contribution is 5.81. The van der Waals surface area contributed by atoms with E-state index in [4.69, 9.17) is 0 Å². The maximum absolute atomic E-state index is 12.0. The Kier molecular flexibility index (Phi) is 4.94. The van der Waals surface area contributed by atoms with Crippen LogP contribution in [-0.2, 0) is 4.79 Å². The molecular weight excluding hydrogens is 176 g/mol. The van der Waals surface area contributed by atoms with Gasteiger partial charge in [-0.2, -0.15) is 0 Å². The summed E-state index contributed by atoms with van der Waals surface area (Å²) in [5.41, 5.74) is 0. The van der Waals surface area contributed by atoms with Gasteiger partial charge in [-0.05, 0) is 33.2 Å². The van der Waals surface area contributed by atoms with E-state index in [-0.39, 0.29) is 11.9 Å². The third-order valence-corrected chi connectivity index (χ3v) is 2.93. The van der Waals surface area contributed by atoms with Gasteiger partial charge in [0.25, 0.3) is 0 Å². The Morgan fingerprint density at radius 2 is 2.00 bits per heavy atom. The monoisotopic (exact) mass is 198 g/mol. The molecule has 1 amide bonds. The van der Waals surface area contributed by atoms with Gasteiger partial charge in [0.05, 0.1) is 6.04 Å². The minimum absolute atomic E-state index is 0.0809. The fraction of sp³-hybridized carbons (Fsp3) is 0.909. The fourth-order valence-corrected chi connectivity index (χ4v) is 2.00. The standard InChI is InChI=1S/C11H22N2O/c1-3-13(4-2)11(14)10-8-6-5-7-9-12-10/h10,12H,3-9H2,1-2H3/t10-/m0/s1. The minimum Gasteiger partial charge on any atom is -0.342 e. The van der Waals surface area contributed by atoms with Crippen LogP contribution in [0.1, 0.15) is 39.5 Å². The number of carbonyl (C=O) groups excluding carboxylic acids is 1. The predicted octanol–water partition coefficient (Wildman–Crippen LogP) is 1.39. The Morgan fingerprint density at radius 3 is 2.64 bits per heavy atom. The zero-order valence-corrected chi connectivity index (χ0v) is 9.38. The summed E-state index contributed by atoms with van der Waals surface area (Å²) in [6, 6.07) is 0.0809. The van der Waals surface area contributed by atoms with Crippen LogP contribution in [0.15, 0.2) is 0 Å². The van der Waals surface area contributed by atoms with Crippen LogP contribution < -0.4 is 5.32 Å². The molecule has 82 valence electrons. The van der Waals surface area contributed by atoms with Crippen molar-refractivity contribution in [1.29, 1.82) is 0 Å². The summed E-state index contributed by atoms with van der Waals surface area (Å²) < 4.78 is 0. The Labute approximate surface area is 86.9 Å². The van der Waals surface area contributed by atoms with E-state index in [1.54, 1.807) is 0 Å². The molecule has 0 saturated carbocycles. The van der Waals surface area contributed by atoms with Gasteiger partial charge in [0.1, 0.15) is 0 Å². The molecule has 3 heteroatoms. The lowest BCUT2D eigenvalue weighted by Gasteiger charge is -2.24. The first-order chi connectivity index (χ1) is 6.79. The van der Waals surface area contributed by atoms with E-state index in [2.05, 4.69) is 5.32 Å². The lowest BCUT2D eigenvalue weighted by molar-refractivity contribution is -0.133. The van der Waals surface area contributed by atoms with Crippen LogP contribution in [0.4, 0.5) is 0 Å². The third-order valence-electron chi connectivity index (χ3n) is 2.93. The molecule has 0 bridgehead atoms. The van der Waals surface area contributed by atoms with Crippen molar-refractivity contribution in [2.45, 2.75) is 45.6 Å². The molecule has 0 radical (unpaired) electrons. The summed E-state index contributed by atoms with van der Waals surface area (Å²) in [7, 11) is 0. The summed E-state index contributed by atoms with van der Waals surface area (Å²) in [5, 5.41) is 3.34. The highest BCUT2D eigenvalue weighted by atomic mass is 16.2. The maximum atomic E-state index is 12.0. The molecule has 1 saturated heterocycles. The Hall–Kier alpha value is -0.570. The second-order valence-corrected chi connectivity index (χ2v) is 3.87. The lowest BCUT2D eigenvalue weighted by atomic mass is 10.1. The van der Waals surface area contributed by atoms with Crippen molar-refractivity contribution in [3.8, 4) is 0 Å². The van der Waals surface area contributed by atoms with Crippen molar-refractivity contribution in [2.24, 2.45) is 0 Å². The molecule has 1 N–H and O–H groups in total. The van der Waals surface area contributed by atoms with Crippen molar-refractivity contribution in [2.75, 3.05) is 19.6 Å². The van der Waals surface area contributed by atoms with Crippen LogP contribution in [0.25, 0.3) is 0 Å². The van der Waals surface area contributed by atoms with Gasteiger partial charge in [0, 0.05) is 13.1 Å². The number of nitrogens with zero attached hydrogens (tertiary/aromatic N) is 1. The van der Waals surface area contributed by atoms with E-state index in [1.165, 1.54) is 19.3 Å². The molecule has 1 aliphatic heterocycles. The van der Waals surface area contributed by atoms with Crippen molar-refractivity contribution in [3.63, 3.8) is 0 Å². The molecule has 0 aromatic rings. The van der Waals surface area contributed by atoms with Crippen molar-refractivity contribution < 1.29 is 4.79 Å². The zero-order chi connectivity index (χ0) is 10.4. The molecule has 0 unspecified atom stereocenters. The number of amides is 1. The van der Waals surface area contributed by atoms with Crippen LogP contribution in [0.3, 0.4) is 0 Å². The second-order valence-electron chi connectivity index (χ2n) is 3.87. The first kappa shape index (κ1) is 11.5. The van der Waals surface area contributed by atoms with Crippen molar-refractivity contribution in [1.82, 2.24) is 10.2 Å². The normalized spacial score (nSPS) is 22.9. The van der Waals surface area contributed by atoms with Gasteiger partial charge in [-0.1, -0.05) is 12.8 Å². The summed E-state index contributed by atoms with van der Waals surface area (Å²) in [6.07, 6.45) is 4.66. The van der Waals surface area contributed by atoms with Gasteiger partial charge in [0.2, 0.25) is 5.91 Å². The molecule has 3 nitrogen and oxygen atoms in total. The van der Waals surface area contributed by atoms with Gasteiger partial charge in [-0.3, -0.25) is 4.79 Å². The molecule has 1 heterocycles. The maximum Gasteiger partial charge on any atom is 0.239 e.